The van der Waals surface area contributed by atoms with Gasteiger partial charge in [-0.2, -0.15) is 0 Å². The zero-order valence-corrected chi connectivity index (χ0v) is 12.8. The molecule has 0 aliphatic rings. The summed E-state index contributed by atoms with van der Waals surface area (Å²) in [6.45, 7) is 0.0988. The lowest BCUT2D eigenvalue weighted by molar-refractivity contribution is 0.559. The first kappa shape index (κ1) is 14.7. The fourth-order valence-electron chi connectivity index (χ4n) is 2.20. The largest absolute Gasteiger partial charge is 0.423 e. The Bertz CT molecular complexity index is 888. The molecular weight excluding hydrogens is 356 g/mol. The molecule has 0 aliphatic heterocycles. The van der Waals surface area contributed by atoms with Crippen molar-refractivity contribution in [1.29, 1.82) is 0 Å². The van der Waals surface area contributed by atoms with Gasteiger partial charge in [-0.15, -0.1) is 0 Å². The molecule has 22 heavy (non-hydrogen) atoms. The third-order valence-electron chi connectivity index (χ3n) is 3.21. The standard InChI is InChI=1S/C16H10BrF2NO2/c17-10-4-5-11-9(6-15(21)22-14(11)7-10)8-20-16-12(18)2-1-3-13(16)19/h1-7,20H,8H2. The zero-order chi connectivity index (χ0) is 15.7. The number of rotatable bonds is 3. The van der Waals surface area contributed by atoms with E-state index in [4.69, 9.17) is 4.42 Å². The van der Waals surface area contributed by atoms with Crippen LogP contribution in [-0.4, -0.2) is 0 Å². The fraction of sp³-hybridized carbons (Fsp3) is 0.0625. The molecule has 3 aromatic rings. The Morgan fingerprint density at radius 3 is 2.55 bits per heavy atom. The van der Waals surface area contributed by atoms with Crippen LogP contribution in [0.5, 0.6) is 0 Å². The van der Waals surface area contributed by atoms with Crippen molar-refractivity contribution >= 4 is 32.6 Å². The third kappa shape index (κ3) is 2.87. The van der Waals surface area contributed by atoms with Crippen LogP contribution in [0.2, 0.25) is 0 Å². The maximum Gasteiger partial charge on any atom is 0.336 e. The molecule has 3 rings (SSSR count). The minimum absolute atomic E-state index is 0.0988. The molecule has 1 heterocycles. The SMILES string of the molecule is O=c1cc(CNc2c(F)cccc2F)c2ccc(Br)cc2o1. The van der Waals surface area contributed by atoms with Crippen molar-refractivity contribution in [1.82, 2.24) is 0 Å². The van der Waals surface area contributed by atoms with Gasteiger partial charge in [0.25, 0.3) is 0 Å². The monoisotopic (exact) mass is 365 g/mol. The first-order chi connectivity index (χ1) is 10.5. The van der Waals surface area contributed by atoms with Gasteiger partial charge in [0.1, 0.15) is 22.9 Å². The highest BCUT2D eigenvalue weighted by atomic mass is 79.9. The summed E-state index contributed by atoms with van der Waals surface area (Å²) in [5.41, 5.74) is 0.270. The minimum atomic E-state index is -0.685. The van der Waals surface area contributed by atoms with Crippen LogP contribution in [0.25, 0.3) is 11.0 Å². The molecule has 0 amide bonds. The Morgan fingerprint density at radius 2 is 1.82 bits per heavy atom. The molecule has 1 aromatic heterocycles. The number of fused-ring (bicyclic) bond motifs is 1. The van der Waals surface area contributed by atoms with Crippen molar-refractivity contribution in [3.05, 3.63) is 74.6 Å². The molecule has 0 spiro atoms. The highest BCUT2D eigenvalue weighted by molar-refractivity contribution is 9.10. The van der Waals surface area contributed by atoms with E-state index in [1.165, 1.54) is 24.3 Å². The lowest BCUT2D eigenvalue weighted by atomic mass is 10.1. The van der Waals surface area contributed by atoms with Crippen LogP contribution < -0.4 is 10.9 Å². The Hall–Kier alpha value is -2.21. The normalized spacial score (nSPS) is 10.9. The maximum absolute atomic E-state index is 13.6. The first-order valence-corrected chi connectivity index (χ1v) is 7.24. The van der Waals surface area contributed by atoms with Crippen LogP contribution in [0.4, 0.5) is 14.5 Å². The number of halogens is 3. The second-order valence-electron chi connectivity index (χ2n) is 4.68. The molecule has 6 heteroatoms. The highest BCUT2D eigenvalue weighted by Crippen LogP contribution is 2.24. The minimum Gasteiger partial charge on any atom is -0.423 e. The molecule has 0 atom stereocenters. The van der Waals surface area contributed by atoms with Crippen LogP contribution in [0, 0.1) is 11.6 Å². The van der Waals surface area contributed by atoms with Gasteiger partial charge >= 0.3 is 5.63 Å². The summed E-state index contributed by atoms with van der Waals surface area (Å²) in [6.07, 6.45) is 0. The molecule has 0 fully saturated rings. The molecule has 0 saturated heterocycles. The van der Waals surface area contributed by atoms with E-state index in [0.29, 0.717) is 16.5 Å². The van der Waals surface area contributed by atoms with Gasteiger partial charge in [-0.05, 0) is 35.9 Å². The van der Waals surface area contributed by atoms with Crippen LogP contribution >= 0.6 is 15.9 Å². The summed E-state index contributed by atoms with van der Waals surface area (Å²) in [6, 6.07) is 10.2. The quantitative estimate of drug-likeness (QED) is 0.697. The second kappa shape index (κ2) is 5.88. The van der Waals surface area contributed by atoms with Gasteiger partial charge in [-0.25, -0.2) is 13.6 Å². The van der Waals surface area contributed by atoms with E-state index in [-0.39, 0.29) is 12.2 Å². The highest BCUT2D eigenvalue weighted by Gasteiger charge is 2.10. The molecular formula is C16H10BrF2NO2. The van der Waals surface area contributed by atoms with Crippen molar-refractivity contribution in [2.24, 2.45) is 0 Å². The lowest BCUT2D eigenvalue weighted by Gasteiger charge is -2.10. The van der Waals surface area contributed by atoms with Crippen molar-refractivity contribution in [2.75, 3.05) is 5.32 Å². The molecule has 0 radical (unpaired) electrons. The molecule has 112 valence electrons. The molecule has 2 aromatic carbocycles. The molecule has 3 nitrogen and oxygen atoms in total. The Labute approximate surface area is 132 Å². The van der Waals surface area contributed by atoms with Gasteiger partial charge in [-0.3, -0.25) is 0 Å². The molecule has 1 N–H and O–H groups in total. The molecule has 0 saturated carbocycles. The average Bonchev–Trinajstić information content (AvgIpc) is 2.45. The second-order valence-corrected chi connectivity index (χ2v) is 5.60. The van der Waals surface area contributed by atoms with Gasteiger partial charge in [0.05, 0.1) is 0 Å². The summed E-state index contributed by atoms with van der Waals surface area (Å²) < 4.78 is 33.1. The molecule has 0 bridgehead atoms. The van der Waals surface area contributed by atoms with E-state index in [0.717, 1.165) is 4.47 Å². The van der Waals surface area contributed by atoms with Gasteiger partial charge in [0.2, 0.25) is 0 Å². The van der Waals surface area contributed by atoms with E-state index >= 15 is 0 Å². The van der Waals surface area contributed by atoms with E-state index in [1.54, 1.807) is 18.2 Å². The average molecular weight is 366 g/mol. The van der Waals surface area contributed by atoms with Gasteiger partial charge in [0.15, 0.2) is 0 Å². The predicted molar refractivity (Wildman–Crippen MR) is 83.9 cm³/mol. The summed E-state index contributed by atoms with van der Waals surface area (Å²) in [5, 5.41) is 3.39. The summed E-state index contributed by atoms with van der Waals surface area (Å²) >= 11 is 3.30. The van der Waals surface area contributed by atoms with Gasteiger partial charge in [0, 0.05) is 22.5 Å². The third-order valence-corrected chi connectivity index (χ3v) is 3.70. The van der Waals surface area contributed by atoms with Crippen molar-refractivity contribution in [3.8, 4) is 0 Å². The Kier molecular flexibility index (Phi) is 3.94. The molecule has 0 unspecified atom stereocenters. The number of benzene rings is 2. The van der Waals surface area contributed by atoms with E-state index in [1.807, 2.05) is 0 Å². The first-order valence-electron chi connectivity index (χ1n) is 6.45. The van der Waals surface area contributed by atoms with Gasteiger partial charge in [-0.1, -0.05) is 22.0 Å². The van der Waals surface area contributed by atoms with Crippen molar-refractivity contribution in [2.45, 2.75) is 6.54 Å². The number of anilines is 1. The summed E-state index contributed by atoms with van der Waals surface area (Å²) in [4.78, 5) is 11.6. The number of hydrogen-bond acceptors (Lipinski definition) is 3. The number of nitrogens with one attached hydrogen (secondary N) is 1. The fourth-order valence-corrected chi connectivity index (χ4v) is 2.54. The zero-order valence-electron chi connectivity index (χ0n) is 11.2. The molecule has 0 aliphatic carbocycles. The Balaban J connectivity index is 1.99. The van der Waals surface area contributed by atoms with Crippen LogP contribution in [0.15, 0.2) is 56.1 Å². The predicted octanol–water partition coefficient (Wildman–Crippen LogP) is 4.45. The van der Waals surface area contributed by atoms with Crippen molar-refractivity contribution < 1.29 is 13.2 Å². The van der Waals surface area contributed by atoms with Crippen LogP contribution in [0.3, 0.4) is 0 Å². The smallest absolute Gasteiger partial charge is 0.336 e. The number of para-hydroxylation sites is 1. The summed E-state index contributed by atoms with van der Waals surface area (Å²) in [7, 11) is 0. The van der Waals surface area contributed by atoms with Crippen LogP contribution in [0.1, 0.15) is 5.56 Å². The van der Waals surface area contributed by atoms with Gasteiger partial charge < -0.3 is 9.73 Å². The Morgan fingerprint density at radius 1 is 1.09 bits per heavy atom. The van der Waals surface area contributed by atoms with E-state index in [9.17, 15) is 13.6 Å². The van der Waals surface area contributed by atoms with Crippen molar-refractivity contribution in [3.63, 3.8) is 0 Å². The summed E-state index contributed by atoms with van der Waals surface area (Å²) in [5.74, 6) is -1.37. The van der Waals surface area contributed by atoms with E-state index in [2.05, 4.69) is 21.2 Å². The topological polar surface area (TPSA) is 42.2 Å². The lowest BCUT2D eigenvalue weighted by Crippen LogP contribution is -2.07. The van der Waals surface area contributed by atoms with E-state index < -0.39 is 17.3 Å². The maximum atomic E-state index is 13.6. The van der Waals surface area contributed by atoms with Crippen LogP contribution in [-0.2, 0) is 6.54 Å². The number of hydrogen-bond donors (Lipinski definition) is 1.